The number of aromatic nitrogens is 1. The van der Waals surface area contributed by atoms with Crippen LogP contribution in [0.1, 0.15) is 6.92 Å². The standard InChI is InChI=1S/C8H12N2O/c1-7(11)6-10-5-3-2-4-8(10)9/h2-5,7,9,11H,6H2,1H3/p+1/t7-/m1/s1. The van der Waals surface area contributed by atoms with Crippen LogP contribution in [0.5, 0.6) is 0 Å². The van der Waals surface area contributed by atoms with Crippen molar-refractivity contribution < 1.29 is 9.67 Å². The van der Waals surface area contributed by atoms with E-state index in [9.17, 15) is 0 Å². The first-order chi connectivity index (χ1) is 5.20. The quantitative estimate of drug-likeness (QED) is 0.585. The van der Waals surface area contributed by atoms with Gasteiger partial charge in [-0.15, -0.1) is 0 Å². The third-order valence-corrected chi connectivity index (χ3v) is 1.44. The number of nitrogen functional groups attached to an aromatic ring is 1. The van der Waals surface area contributed by atoms with E-state index in [4.69, 9.17) is 10.8 Å². The maximum Gasteiger partial charge on any atom is 0.272 e. The molecular formula is C8H13N2O+. The van der Waals surface area contributed by atoms with Crippen molar-refractivity contribution in [2.24, 2.45) is 0 Å². The summed E-state index contributed by atoms with van der Waals surface area (Å²) in [5.41, 5.74) is 5.62. The first-order valence-electron chi connectivity index (χ1n) is 3.62. The summed E-state index contributed by atoms with van der Waals surface area (Å²) in [5, 5.41) is 9.05. The largest absolute Gasteiger partial charge is 0.389 e. The summed E-state index contributed by atoms with van der Waals surface area (Å²) < 4.78 is 1.81. The van der Waals surface area contributed by atoms with Gasteiger partial charge in [-0.25, -0.2) is 4.57 Å². The molecule has 1 rings (SSSR count). The number of hydrogen-bond acceptors (Lipinski definition) is 2. The molecule has 60 valence electrons. The van der Waals surface area contributed by atoms with Crippen molar-refractivity contribution in [1.82, 2.24) is 0 Å². The highest BCUT2D eigenvalue weighted by Crippen LogP contribution is 1.91. The Morgan fingerprint density at radius 1 is 1.64 bits per heavy atom. The Morgan fingerprint density at radius 2 is 2.36 bits per heavy atom. The highest BCUT2D eigenvalue weighted by molar-refractivity contribution is 5.18. The van der Waals surface area contributed by atoms with Gasteiger partial charge in [-0.2, -0.15) is 0 Å². The molecule has 3 N–H and O–H groups in total. The van der Waals surface area contributed by atoms with Gasteiger partial charge in [-0.05, 0) is 13.0 Å². The number of nitrogens with zero attached hydrogens (tertiary/aromatic N) is 1. The molecule has 0 radical (unpaired) electrons. The van der Waals surface area contributed by atoms with E-state index in [2.05, 4.69) is 0 Å². The van der Waals surface area contributed by atoms with E-state index in [0.717, 1.165) is 0 Å². The van der Waals surface area contributed by atoms with Crippen LogP contribution in [0.3, 0.4) is 0 Å². The molecule has 1 aromatic rings. The SMILES string of the molecule is C[C@@H](O)C[n+]1ccccc1N. The van der Waals surface area contributed by atoms with Crippen molar-refractivity contribution in [3.8, 4) is 0 Å². The van der Waals surface area contributed by atoms with Gasteiger partial charge in [0.15, 0.2) is 0 Å². The van der Waals surface area contributed by atoms with Gasteiger partial charge in [0.25, 0.3) is 5.82 Å². The molecule has 0 aliphatic carbocycles. The van der Waals surface area contributed by atoms with Gasteiger partial charge in [-0.3, -0.25) is 5.73 Å². The lowest BCUT2D eigenvalue weighted by Crippen LogP contribution is -2.41. The predicted molar refractivity (Wildman–Crippen MR) is 42.7 cm³/mol. The van der Waals surface area contributed by atoms with Crippen LogP contribution >= 0.6 is 0 Å². The summed E-state index contributed by atoms with van der Waals surface area (Å²) in [5.74, 6) is 0.674. The average molecular weight is 153 g/mol. The fourth-order valence-electron chi connectivity index (χ4n) is 0.940. The second-order valence-electron chi connectivity index (χ2n) is 2.63. The minimum atomic E-state index is -0.357. The van der Waals surface area contributed by atoms with Crippen LogP contribution in [-0.4, -0.2) is 11.2 Å². The van der Waals surface area contributed by atoms with Gasteiger partial charge in [0.05, 0.1) is 12.3 Å². The highest BCUT2D eigenvalue weighted by atomic mass is 16.3. The lowest BCUT2D eigenvalue weighted by molar-refractivity contribution is -0.689. The zero-order chi connectivity index (χ0) is 8.27. The van der Waals surface area contributed by atoms with Crippen LogP contribution in [0.25, 0.3) is 0 Å². The number of aliphatic hydroxyl groups excluding tert-OH is 1. The number of anilines is 1. The van der Waals surface area contributed by atoms with E-state index in [1.54, 1.807) is 6.92 Å². The minimum Gasteiger partial charge on any atom is -0.389 e. The molecule has 1 atom stereocenters. The van der Waals surface area contributed by atoms with Crippen LogP contribution in [0.2, 0.25) is 0 Å². The smallest absolute Gasteiger partial charge is 0.272 e. The van der Waals surface area contributed by atoms with E-state index in [1.165, 1.54) is 0 Å². The van der Waals surface area contributed by atoms with Crippen LogP contribution in [0, 0.1) is 0 Å². The molecule has 3 heteroatoms. The predicted octanol–water partition coefficient (Wildman–Crippen LogP) is -0.0629. The Morgan fingerprint density at radius 3 is 2.91 bits per heavy atom. The highest BCUT2D eigenvalue weighted by Gasteiger charge is 2.04. The van der Waals surface area contributed by atoms with Gasteiger partial charge in [0.1, 0.15) is 6.54 Å². The summed E-state index contributed by atoms with van der Waals surface area (Å²) in [6.07, 6.45) is 1.49. The van der Waals surface area contributed by atoms with E-state index in [1.807, 2.05) is 29.0 Å². The first-order valence-corrected chi connectivity index (χ1v) is 3.62. The molecule has 0 bridgehead atoms. The van der Waals surface area contributed by atoms with Gasteiger partial charge < -0.3 is 5.11 Å². The number of pyridine rings is 1. The molecule has 0 spiro atoms. The first kappa shape index (κ1) is 8.01. The van der Waals surface area contributed by atoms with Crippen molar-refractivity contribution in [3.63, 3.8) is 0 Å². The fraction of sp³-hybridized carbons (Fsp3) is 0.375. The molecule has 1 heterocycles. The lowest BCUT2D eigenvalue weighted by atomic mass is 10.3. The Kier molecular flexibility index (Phi) is 2.44. The summed E-state index contributed by atoms with van der Waals surface area (Å²) >= 11 is 0. The number of aliphatic hydroxyl groups is 1. The zero-order valence-corrected chi connectivity index (χ0v) is 6.57. The van der Waals surface area contributed by atoms with E-state index in [0.29, 0.717) is 12.4 Å². The van der Waals surface area contributed by atoms with Crippen molar-refractivity contribution in [1.29, 1.82) is 0 Å². The van der Waals surface area contributed by atoms with Crippen LogP contribution < -0.4 is 10.3 Å². The lowest BCUT2D eigenvalue weighted by Gasteiger charge is -2.03. The summed E-state index contributed by atoms with van der Waals surface area (Å²) in [6.45, 7) is 2.28. The van der Waals surface area contributed by atoms with Crippen molar-refractivity contribution in [2.75, 3.05) is 5.73 Å². The normalized spacial score (nSPS) is 12.9. The Labute approximate surface area is 66.1 Å². The van der Waals surface area contributed by atoms with E-state index in [-0.39, 0.29) is 6.10 Å². The second kappa shape index (κ2) is 3.34. The zero-order valence-electron chi connectivity index (χ0n) is 6.57. The van der Waals surface area contributed by atoms with Crippen molar-refractivity contribution in [2.45, 2.75) is 19.6 Å². The van der Waals surface area contributed by atoms with Crippen LogP contribution in [-0.2, 0) is 6.54 Å². The van der Waals surface area contributed by atoms with Gasteiger partial charge in [0.2, 0.25) is 0 Å². The molecule has 3 nitrogen and oxygen atoms in total. The summed E-state index contributed by atoms with van der Waals surface area (Å²) in [4.78, 5) is 0. The van der Waals surface area contributed by atoms with Crippen LogP contribution in [0.4, 0.5) is 5.82 Å². The number of hydrogen-bond donors (Lipinski definition) is 2. The van der Waals surface area contributed by atoms with E-state index < -0.39 is 0 Å². The molecule has 0 amide bonds. The molecule has 0 aromatic carbocycles. The number of nitrogens with two attached hydrogens (primary N) is 1. The molecule has 11 heavy (non-hydrogen) atoms. The third-order valence-electron chi connectivity index (χ3n) is 1.44. The summed E-state index contributed by atoms with van der Waals surface area (Å²) in [6, 6.07) is 5.56. The van der Waals surface area contributed by atoms with E-state index >= 15 is 0 Å². The van der Waals surface area contributed by atoms with Gasteiger partial charge in [0, 0.05) is 6.07 Å². The molecule has 0 saturated carbocycles. The van der Waals surface area contributed by atoms with Crippen LogP contribution in [0.15, 0.2) is 24.4 Å². The average Bonchev–Trinajstić information content (AvgIpc) is 1.93. The molecule has 0 aliphatic rings. The maximum atomic E-state index is 9.05. The molecule has 1 aromatic heterocycles. The molecule has 0 aliphatic heterocycles. The fourth-order valence-corrected chi connectivity index (χ4v) is 0.940. The minimum absolute atomic E-state index is 0.357. The molecule has 0 fully saturated rings. The Balaban J connectivity index is 2.78. The topological polar surface area (TPSA) is 50.1 Å². The monoisotopic (exact) mass is 153 g/mol. The third kappa shape index (κ3) is 2.20. The number of rotatable bonds is 2. The Bertz CT molecular complexity index is 235. The second-order valence-corrected chi connectivity index (χ2v) is 2.63. The van der Waals surface area contributed by atoms with Gasteiger partial charge >= 0.3 is 0 Å². The van der Waals surface area contributed by atoms with Crippen molar-refractivity contribution >= 4 is 5.82 Å². The molecule has 0 saturated heterocycles. The maximum absolute atomic E-state index is 9.05. The molecular weight excluding hydrogens is 140 g/mol. The summed E-state index contributed by atoms with van der Waals surface area (Å²) in [7, 11) is 0. The molecule has 0 unspecified atom stereocenters. The van der Waals surface area contributed by atoms with Crippen molar-refractivity contribution in [3.05, 3.63) is 24.4 Å². The van der Waals surface area contributed by atoms with Gasteiger partial charge in [-0.1, -0.05) is 6.07 Å². The Hall–Kier alpha value is -1.09.